The van der Waals surface area contributed by atoms with Crippen molar-refractivity contribution in [3.8, 4) is 0 Å². The fraction of sp³-hybridized carbons (Fsp3) is 0.214. The highest BCUT2D eigenvalue weighted by Gasteiger charge is 2.15. The van der Waals surface area contributed by atoms with Crippen molar-refractivity contribution in [2.24, 2.45) is 0 Å². The van der Waals surface area contributed by atoms with Crippen LogP contribution in [0.3, 0.4) is 0 Å². The number of anilines is 1. The van der Waals surface area contributed by atoms with E-state index in [4.69, 9.17) is 0 Å². The van der Waals surface area contributed by atoms with E-state index in [9.17, 15) is 8.78 Å². The lowest BCUT2D eigenvalue weighted by atomic mass is 10.2. The maximum Gasteiger partial charge on any atom is 0.158 e. The molecule has 0 aliphatic carbocycles. The summed E-state index contributed by atoms with van der Waals surface area (Å²) in [4.78, 5) is 6.03. The fourth-order valence-corrected chi connectivity index (χ4v) is 2.16. The van der Waals surface area contributed by atoms with Crippen LogP contribution in [0.1, 0.15) is 5.56 Å². The Kier molecular flexibility index (Phi) is 4.56. The summed E-state index contributed by atoms with van der Waals surface area (Å²) in [5, 5.41) is 8.04. The number of pyridine rings is 1. The van der Waals surface area contributed by atoms with Crippen LogP contribution in [0.2, 0.25) is 0 Å². The highest BCUT2D eigenvalue weighted by Crippen LogP contribution is 2.22. The van der Waals surface area contributed by atoms with Crippen LogP contribution < -0.4 is 4.90 Å². The van der Waals surface area contributed by atoms with Crippen LogP contribution in [0.5, 0.6) is 0 Å². The largest absolute Gasteiger partial charge is 0.361 e. The zero-order chi connectivity index (χ0) is 15.0. The van der Waals surface area contributed by atoms with Gasteiger partial charge < -0.3 is 4.90 Å². The molecular weight excluding hydrogens is 312 g/mol. The Hall–Kier alpha value is -2.28. The number of benzene rings is 1. The van der Waals surface area contributed by atoms with Gasteiger partial charge in [-0.1, -0.05) is 11.3 Å². The van der Waals surface area contributed by atoms with Gasteiger partial charge in [0, 0.05) is 25.9 Å². The summed E-state index contributed by atoms with van der Waals surface area (Å²) in [6, 6.07) is 5.51. The van der Waals surface area contributed by atoms with E-state index in [2.05, 4.69) is 15.3 Å². The van der Waals surface area contributed by atoms with Crippen molar-refractivity contribution in [2.75, 3.05) is 19.0 Å². The number of hydrogen-bond donors (Lipinski definition) is 0. The van der Waals surface area contributed by atoms with Crippen LogP contribution in [-0.2, 0) is 6.54 Å². The SMILES string of the molecule is CN(C)c1nccc2c1nnn2Cc1c(F)cccc1F.Cl. The molecular formula is C14H14ClF2N5. The average Bonchev–Trinajstić information content (AvgIpc) is 2.86. The van der Waals surface area contributed by atoms with E-state index in [1.165, 1.54) is 22.9 Å². The average molecular weight is 326 g/mol. The zero-order valence-electron chi connectivity index (χ0n) is 12.0. The van der Waals surface area contributed by atoms with E-state index < -0.39 is 11.6 Å². The summed E-state index contributed by atoms with van der Waals surface area (Å²) in [5.74, 6) is -0.533. The van der Waals surface area contributed by atoms with Gasteiger partial charge in [-0.2, -0.15) is 0 Å². The highest BCUT2D eigenvalue weighted by atomic mass is 35.5. The lowest BCUT2D eigenvalue weighted by molar-refractivity contribution is 0.532. The smallest absolute Gasteiger partial charge is 0.158 e. The first-order valence-corrected chi connectivity index (χ1v) is 6.36. The van der Waals surface area contributed by atoms with Gasteiger partial charge in [0.15, 0.2) is 11.3 Å². The Morgan fingerprint density at radius 2 is 1.82 bits per heavy atom. The molecule has 8 heteroatoms. The molecule has 0 N–H and O–H groups in total. The molecule has 3 aromatic rings. The van der Waals surface area contributed by atoms with E-state index in [1.54, 1.807) is 12.3 Å². The second-order valence-corrected chi connectivity index (χ2v) is 4.84. The van der Waals surface area contributed by atoms with Crippen LogP contribution >= 0.6 is 12.4 Å². The Morgan fingerprint density at radius 1 is 1.14 bits per heavy atom. The molecule has 0 atom stereocenters. The molecule has 1 aromatic carbocycles. The Balaban J connectivity index is 0.00000176. The molecule has 0 aliphatic heterocycles. The van der Waals surface area contributed by atoms with E-state index in [0.717, 1.165) is 0 Å². The minimum atomic E-state index is -0.597. The van der Waals surface area contributed by atoms with Gasteiger partial charge in [0.05, 0.1) is 12.1 Å². The molecule has 2 aromatic heterocycles. The van der Waals surface area contributed by atoms with Gasteiger partial charge in [-0.3, -0.25) is 0 Å². The van der Waals surface area contributed by atoms with Crippen LogP contribution in [0.4, 0.5) is 14.6 Å². The minimum Gasteiger partial charge on any atom is -0.361 e. The van der Waals surface area contributed by atoms with Gasteiger partial charge in [-0.25, -0.2) is 18.4 Å². The first-order chi connectivity index (χ1) is 10.1. The molecule has 3 rings (SSSR count). The van der Waals surface area contributed by atoms with Gasteiger partial charge in [-0.15, -0.1) is 17.5 Å². The molecule has 0 bridgehead atoms. The summed E-state index contributed by atoms with van der Waals surface area (Å²) in [5.41, 5.74) is 1.24. The Labute approximate surface area is 132 Å². The molecule has 22 heavy (non-hydrogen) atoms. The number of nitrogens with zero attached hydrogens (tertiary/aromatic N) is 5. The zero-order valence-corrected chi connectivity index (χ0v) is 12.8. The number of hydrogen-bond acceptors (Lipinski definition) is 4. The summed E-state index contributed by atoms with van der Waals surface area (Å²) >= 11 is 0. The number of rotatable bonds is 3. The first kappa shape index (κ1) is 16.1. The Bertz CT molecular complexity index is 783. The molecule has 0 unspecified atom stereocenters. The first-order valence-electron chi connectivity index (χ1n) is 6.36. The molecule has 0 aliphatic rings. The van der Waals surface area contributed by atoms with Crippen molar-refractivity contribution >= 4 is 29.3 Å². The third-order valence-corrected chi connectivity index (χ3v) is 3.21. The highest BCUT2D eigenvalue weighted by molar-refractivity contribution is 5.85. The lowest BCUT2D eigenvalue weighted by Crippen LogP contribution is -2.11. The summed E-state index contributed by atoms with van der Waals surface area (Å²) in [6.45, 7) is -0.0219. The Morgan fingerprint density at radius 3 is 2.45 bits per heavy atom. The molecule has 0 saturated carbocycles. The molecule has 0 amide bonds. The van der Waals surface area contributed by atoms with Gasteiger partial charge in [0.25, 0.3) is 0 Å². The predicted octanol–water partition coefficient (Wildman–Crippen LogP) is 2.64. The normalized spacial score (nSPS) is 10.5. The molecule has 0 radical (unpaired) electrons. The number of halogens is 3. The maximum atomic E-state index is 13.7. The molecule has 116 valence electrons. The fourth-order valence-electron chi connectivity index (χ4n) is 2.16. The third-order valence-electron chi connectivity index (χ3n) is 3.21. The third kappa shape index (κ3) is 2.71. The maximum absolute atomic E-state index is 13.7. The van der Waals surface area contributed by atoms with Gasteiger partial charge in [0.2, 0.25) is 0 Å². The monoisotopic (exact) mass is 325 g/mol. The molecule has 2 heterocycles. The van der Waals surface area contributed by atoms with Crippen molar-refractivity contribution in [2.45, 2.75) is 6.54 Å². The van der Waals surface area contributed by atoms with Gasteiger partial charge in [-0.05, 0) is 18.2 Å². The quantitative estimate of drug-likeness (QED) is 0.742. The minimum absolute atomic E-state index is 0. The van der Waals surface area contributed by atoms with Crippen LogP contribution in [0, 0.1) is 11.6 Å². The topological polar surface area (TPSA) is 46.8 Å². The molecule has 0 spiro atoms. The summed E-state index contributed by atoms with van der Waals surface area (Å²) in [7, 11) is 3.69. The van der Waals surface area contributed by atoms with Crippen LogP contribution in [0.25, 0.3) is 11.0 Å². The van der Waals surface area contributed by atoms with Crippen LogP contribution in [0.15, 0.2) is 30.5 Å². The number of aromatic nitrogens is 4. The van der Waals surface area contributed by atoms with Gasteiger partial charge >= 0.3 is 0 Å². The number of fused-ring (bicyclic) bond motifs is 1. The van der Waals surface area contributed by atoms with Crippen molar-refractivity contribution in [3.05, 3.63) is 47.7 Å². The van der Waals surface area contributed by atoms with Gasteiger partial charge in [0.1, 0.15) is 11.6 Å². The van der Waals surface area contributed by atoms with Crippen molar-refractivity contribution in [3.63, 3.8) is 0 Å². The standard InChI is InChI=1S/C14H13F2N5.ClH/c1-20(2)14-13-12(6-7-17-14)21(19-18-13)8-9-10(15)4-3-5-11(9)16;/h3-7H,8H2,1-2H3;1H. The molecule has 0 fully saturated rings. The van der Waals surface area contributed by atoms with Crippen molar-refractivity contribution in [1.82, 2.24) is 20.0 Å². The van der Waals surface area contributed by atoms with E-state index >= 15 is 0 Å². The summed E-state index contributed by atoms with van der Waals surface area (Å²) in [6.07, 6.45) is 1.62. The predicted molar refractivity (Wildman–Crippen MR) is 82.4 cm³/mol. The second kappa shape index (κ2) is 6.23. The van der Waals surface area contributed by atoms with Crippen molar-refractivity contribution in [1.29, 1.82) is 0 Å². The van der Waals surface area contributed by atoms with Crippen molar-refractivity contribution < 1.29 is 8.78 Å². The second-order valence-electron chi connectivity index (χ2n) is 4.84. The van der Waals surface area contributed by atoms with E-state index in [1.807, 2.05) is 19.0 Å². The van der Waals surface area contributed by atoms with E-state index in [0.29, 0.717) is 16.9 Å². The molecule has 0 saturated heterocycles. The lowest BCUT2D eigenvalue weighted by Gasteiger charge is -2.11. The summed E-state index contributed by atoms with van der Waals surface area (Å²) < 4.78 is 28.9. The molecule has 5 nitrogen and oxygen atoms in total. The van der Waals surface area contributed by atoms with Crippen LogP contribution in [-0.4, -0.2) is 34.1 Å². The van der Waals surface area contributed by atoms with E-state index in [-0.39, 0.29) is 24.5 Å².